The average Bonchev–Trinajstić information content (AvgIpc) is 2.13. The lowest BCUT2D eigenvalue weighted by Crippen LogP contribution is -2.16. The molecule has 0 spiro atoms. The molecule has 13 heavy (non-hydrogen) atoms. The lowest BCUT2D eigenvalue weighted by atomic mass is 9.99. The van der Waals surface area contributed by atoms with Gasteiger partial charge in [0.15, 0.2) is 0 Å². The van der Waals surface area contributed by atoms with Crippen LogP contribution in [0.2, 0.25) is 0 Å². The van der Waals surface area contributed by atoms with E-state index in [4.69, 9.17) is 0 Å². The highest BCUT2D eigenvalue weighted by atomic mass is 14.8. The summed E-state index contributed by atoms with van der Waals surface area (Å²) in [5.41, 5.74) is 0. The Balaban J connectivity index is 3.05. The SMILES string of the molecule is CCCCCCC(C)CCNCC. The van der Waals surface area contributed by atoms with E-state index in [1.807, 2.05) is 0 Å². The third kappa shape index (κ3) is 9.88. The van der Waals surface area contributed by atoms with Crippen LogP contribution in [0, 0.1) is 5.92 Å². The first-order chi connectivity index (χ1) is 6.31. The molecular weight excluding hydrogens is 158 g/mol. The van der Waals surface area contributed by atoms with Gasteiger partial charge in [-0.2, -0.15) is 0 Å². The molecule has 0 saturated carbocycles. The lowest BCUT2D eigenvalue weighted by molar-refractivity contribution is 0.447. The van der Waals surface area contributed by atoms with Gasteiger partial charge in [0.05, 0.1) is 0 Å². The molecule has 0 aliphatic carbocycles. The fourth-order valence-corrected chi connectivity index (χ4v) is 1.59. The third-order valence-corrected chi connectivity index (χ3v) is 2.61. The number of unbranched alkanes of at least 4 members (excludes halogenated alkanes) is 3. The minimum atomic E-state index is 0.913. The van der Waals surface area contributed by atoms with Crippen LogP contribution >= 0.6 is 0 Å². The summed E-state index contributed by atoms with van der Waals surface area (Å²) in [4.78, 5) is 0. The lowest BCUT2D eigenvalue weighted by Gasteiger charge is -2.10. The van der Waals surface area contributed by atoms with E-state index in [0.29, 0.717) is 0 Å². The quantitative estimate of drug-likeness (QED) is 0.541. The molecule has 0 aliphatic heterocycles. The summed E-state index contributed by atoms with van der Waals surface area (Å²) in [7, 11) is 0. The summed E-state index contributed by atoms with van der Waals surface area (Å²) in [6.07, 6.45) is 8.40. The molecule has 0 aromatic heterocycles. The summed E-state index contributed by atoms with van der Waals surface area (Å²) in [6, 6.07) is 0. The number of hydrogen-bond acceptors (Lipinski definition) is 1. The maximum atomic E-state index is 3.38. The van der Waals surface area contributed by atoms with Crippen LogP contribution in [0.25, 0.3) is 0 Å². The summed E-state index contributed by atoms with van der Waals surface area (Å²) in [5, 5.41) is 3.38. The molecule has 0 fully saturated rings. The molecule has 0 bridgehead atoms. The van der Waals surface area contributed by atoms with Crippen LogP contribution in [0.1, 0.15) is 59.3 Å². The van der Waals surface area contributed by atoms with Crippen LogP contribution in [-0.4, -0.2) is 13.1 Å². The predicted molar refractivity (Wildman–Crippen MR) is 61.1 cm³/mol. The topological polar surface area (TPSA) is 12.0 Å². The first-order valence-corrected chi connectivity index (χ1v) is 6.02. The zero-order valence-corrected chi connectivity index (χ0v) is 9.73. The molecule has 1 N–H and O–H groups in total. The van der Waals surface area contributed by atoms with Crippen molar-refractivity contribution >= 4 is 0 Å². The van der Waals surface area contributed by atoms with Crippen molar-refractivity contribution in [3.63, 3.8) is 0 Å². The first-order valence-electron chi connectivity index (χ1n) is 6.02. The second-order valence-electron chi connectivity index (χ2n) is 4.10. The van der Waals surface area contributed by atoms with Crippen molar-refractivity contribution in [1.82, 2.24) is 5.32 Å². The van der Waals surface area contributed by atoms with Gasteiger partial charge in [0.2, 0.25) is 0 Å². The van der Waals surface area contributed by atoms with Crippen molar-refractivity contribution in [3.8, 4) is 0 Å². The fraction of sp³-hybridized carbons (Fsp3) is 1.00. The van der Waals surface area contributed by atoms with Gasteiger partial charge in [0, 0.05) is 0 Å². The predicted octanol–water partition coefficient (Wildman–Crippen LogP) is 3.59. The van der Waals surface area contributed by atoms with Crippen LogP contribution in [-0.2, 0) is 0 Å². The van der Waals surface area contributed by atoms with Gasteiger partial charge in [-0.25, -0.2) is 0 Å². The Morgan fingerprint density at radius 1 is 1.00 bits per heavy atom. The molecule has 1 atom stereocenters. The first kappa shape index (κ1) is 13.0. The third-order valence-electron chi connectivity index (χ3n) is 2.61. The molecule has 1 nitrogen and oxygen atoms in total. The van der Waals surface area contributed by atoms with Crippen LogP contribution in [0.3, 0.4) is 0 Å². The fourth-order valence-electron chi connectivity index (χ4n) is 1.59. The summed E-state index contributed by atoms with van der Waals surface area (Å²) >= 11 is 0. The maximum absolute atomic E-state index is 3.38. The van der Waals surface area contributed by atoms with Crippen molar-refractivity contribution in [2.45, 2.75) is 59.3 Å². The van der Waals surface area contributed by atoms with Crippen molar-refractivity contribution in [3.05, 3.63) is 0 Å². The zero-order valence-electron chi connectivity index (χ0n) is 9.73. The van der Waals surface area contributed by atoms with Gasteiger partial charge in [-0.15, -0.1) is 0 Å². The molecule has 0 aromatic carbocycles. The minimum absolute atomic E-state index is 0.913. The van der Waals surface area contributed by atoms with E-state index in [1.54, 1.807) is 0 Å². The standard InChI is InChI=1S/C12H27N/c1-4-6-7-8-9-12(3)10-11-13-5-2/h12-13H,4-11H2,1-3H3. The van der Waals surface area contributed by atoms with Crippen LogP contribution in [0.15, 0.2) is 0 Å². The van der Waals surface area contributed by atoms with Gasteiger partial charge >= 0.3 is 0 Å². The second kappa shape index (κ2) is 10.0. The molecular formula is C12H27N. The molecule has 1 unspecified atom stereocenters. The minimum Gasteiger partial charge on any atom is -0.317 e. The Labute approximate surface area is 84.3 Å². The molecule has 1 heteroatoms. The molecule has 0 rings (SSSR count). The molecule has 0 aliphatic rings. The normalized spacial score (nSPS) is 13.2. The van der Waals surface area contributed by atoms with Crippen molar-refractivity contribution in [2.75, 3.05) is 13.1 Å². The Morgan fingerprint density at radius 3 is 2.38 bits per heavy atom. The highest BCUT2D eigenvalue weighted by molar-refractivity contribution is 4.55. The maximum Gasteiger partial charge on any atom is -0.00465 e. The molecule has 0 radical (unpaired) electrons. The van der Waals surface area contributed by atoms with Gasteiger partial charge < -0.3 is 5.32 Å². The monoisotopic (exact) mass is 185 g/mol. The molecule has 0 saturated heterocycles. The summed E-state index contributed by atoms with van der Waals surface area (Å²) < 4.78 is 0. The summed E-state index contributed by atoms with van der Waals surface area (Å²) in [6.45, 7) is 9.14. The Morgan fingerprint density at radius 2 is 1.77 bits per heavy atom. The largest absolute Gasteiger partial charge is 0.317 e. The van der Waals surface area contributed by atoms with Crippen LogP contribution in [0.4, 0.5) is 0 Å². The summed E-state index contributed by atoms with van der Waals surface area (Å²) in [5.74, 6) is 0.913. The molecule has 80 valence electrons. The number of nitrogens with one attached hydrogen (secondary N) is 1. The van der Waals surface area contributed by atoms with E-state index < -0.39 is 0 Å². The van der Waals surface area contributed by atoms with Crippen LogP contribution < -0.4 is 5.32 Å². The van der Waals surface area contributed by atoms with Crippen molar-refractivity contribution in [2.24, 2.45) is 5.92 Å². The average molecular weight is 185 g/mol. The van der Waals surface area contributed by atoms with E-state index in [-0.39, 0.29) is 0 Å². The van der Waals surface area contributed by atoms with Gasteiger partial charge in [0.1, 0.15) is 0 Å². The highest BCUT2D eigenvalue weighted by Crippen LogP contribution is 2.12. The van der Waals surface area contributed by atoms with Crippen molar-refractivity contribution in [1.29, 1.82) is 0 Å². The zero-order chi connectivity index (χ0) is 9.94. The molecule has 0 heterocycles. The van der Waals surface area contributed by atoms with Gasteiger partial charge in [0.25, 0.3) is 0 Å². The Hall–Kier alpha value is -0.0400. The van der Waals surface area contributed by atoms with E-state index in [2.05, 4.69) is 26.1 Å². The Kier molecular flexibility index (Phi) is 10.0. The smallest absolute Gasteiger partial charge is 0.00465 e. The van der Waals surface area contributed by atoms with Gasteiger partial charge in [-0.1, -0.05) is 52.9 Å². The molecule has 0 aromatic rings. The number of rotatable bonds is 9. The van der Waals surface area contributed by atoms with E-state index in [9.17, 15) is 0 Å². The highest BCUT2D eigenvalue weighted by Gasteiger charge is 2.00. The van der Waals surface area contributed by atoms with E-state index in [0.717, 1.165) is 12.5 Å². The second-order valence-corrected chi connectivity index (χ2v) is 4.10. The van der Waals surface area contributed by atoms with Crippen molar-refractivity contribution < 1.29 is 0 Å². The van der Waals surface area contributed by atoms with Gasteiger partial charge in [-0.3, -0.25) is 0 Å². The molecule has 0 amide bonds. The van der Waals surface area contributed by atoms with Crippen LogP contribution in [0.5, 0.6) is 0 Å². The van der Waals surface area contributed by atoms with Gasteiger partial charge in [-0.05, 0) is 25.4 Å². The van der Waals surface area contributed by atoms with E-state index >= 15 is 0 Å². The number of hydrogen-bond donors (Lipinski definition) is 1. The Bertz CT molecular complexity index is 91.1. The van der Waals surface area contributed by atoms with E-state index in [1.165, 1.54) is 45.1 Å².